The first-order valence-corrected chi connectivity index (χ1v) is 6.53. The lowest BCUT2D eigenvalue weighted by atomic mass is 10.0. The number of aliphatic hydroxyl groups is 1. The van der Waals surface area contributed by atoms with Gasteiger partial charge in [0.1, 0.15) is 18.2 Å². The number of amides is 1. The lowest BCUT2D eigenvalue weighted by molar-refractivity contribution is -0.531. The van der Waals surface area contributed by atoms with Crippen molar-refractivity contribution in [3.63, 3.8) is 0 Å². The highest BCUT2D eigenvalue weighted by atomic mass is 16.6. The Kier molecular flexibility index (Phi) is 5.66. The molecule has 0 aliphatic heterocycles. The zero-order valence-electron chi connectivity index (χ0n) is 12.3. The summed E-state index contributed by atoms with van der Waals surface area (Å²) in [5.74, 6) is 0. The summed E-state index contributed by atoms with van der Waals surface area (Å²) < 4.78 is 5.11. The van der Waals surface area contributed by atoms with Crippen LogP contribution in [0, 0.1) is 10.1 Å². The first-order chi connectivity index (χ1) is 9.74. The quantitative estimate of drug-likeness (QED) is 0.638. The second kappa shape index (κ2) is 7.03. The van der Waals surface area contributed by atoms with Gasteiger partial charge < -0.3 is 15.2 Å². The maximum absolute atomic E-state index is 11.8. The molecule has 21 heavy (non-hydrogen) atoms. The molecule has 0 radical (unpaired) electrons. The Morgan fingerprint density at radius 3 is 2.38 bits per heavy atom. The van der Waals surface area contributed by atoms with Crippen molar-refractivity contribution in [2.75, 3.05) is 6.61 Å². The molecule has 2 atom stereocenters. The van der Waals surface area contributed by atoms with Crippen LogP contribution >= 0.6 is 0 Å². The molecule has 1 aromatic rings. The van der Waals surface area contributed by atoms with E-state index in [1.807, 2.05) is 0 Å². The van der Waals surface area contributed by atoms with Crippen molar-refractivity contribution in [3.8, 4) is 0 Å². The molecular formula is C14H20N2O5. The lowest BCUT2D eigenvalue weighted by Crippen LogP contribution is -2.44. The van der Waals surface area contributed by atoms with E-state index in [0.29, 0.717) is 5.56 Å². The number of hydrogen-bond acceptors (Lipinski definition) is 5. The number of nitro groups is 1. The Balaban J connectivity index is 2.98. The summed E-state index contributed by atoms with van der Waals surface area (Å²) in [5, 5.41) is 22.8. The van der Waals surface area contributed by atoms with E-state index in [0.717, 1.165) is 0 Å². The zero-order chi connectivity index (χ0) is 16.0. The van der Waals surface area contributed by atoms with Gasteiger partial charge in [-0.1, -0.05) is 30.3 Å². The van der Waals surface area contributed by atoms with Gasteiger partial charge >= 0.3 is 6.09 Å². The fourth-order valence-electron chi connectivity index (χ4n) is 1.79. The summed E-state index contributed by atoms with van der Waals surface area (Å²) in [6.07, 6.45) is -0.767. The number of carbonyl (C=O) groups is 1. The van der Waals surface area contributed by atoms with E-state index in [4.69, 9.17) is 4.74 Å². The highest BCUT2D eigenvalue weighted by molar-refractivity contribution is 5.68. The molecule has 7 nitrogen and oxygen atoms in total. The molecule has 1 aromatic carbocycles. The normalized spacial score (nSPS) is 14.1. The average Bonchev–Trinajstić information content (AvgIpc) is 2.37. The fraction of sp³-hybridized carbons (Fsp3) is 0.500. The predicted molar refractivity (Wildman–Crippen MR) is 76.4 cm³/mol. The molecule has 0 fully saturated rings. The summed E-state index contributed by atoms with van der Waals surface area (Å²) in [7, 11) is 0. The molecule has 1 rings (SSSR count). The predicted octanol–water partition coefficient (Wildman–Crippen LogP) is 1.89. The Morgan fingerprint density at radius 1 is 1.38 bits per heavy atom. The zero-order valence-corrected chi connectivity index (χ0v) is 12.3. The van der Waals surface area contributed by atoms with Gasteiger partial charge in [-0.3, -0.25) is 10.1 Å². The second-order valence-corrected chi connectivity index (χ2v) is 5.57. The molecule has 116 valence electrons. The van der Waals surface area contributed by atoms with Crippen LogP contribution in [-0.2, 0) is 4.74 Å². The maximum Gasteiger partial charge on any atom is 0.408 e. The van der Waals surface area contributed by atoms with Gasteiger partial charge in [0.2, 0.25) is 0 Å². The molecule has 2 N–H and O–H groups in total. The smallest absolute Gasteiger partial charge is 0.408 e. The third kappa shape index (κ3) is 5.39. The molecule has 0 spiro atoms. The molecular weight excluding hydrogens is 276 g/mol. The van der Waals surface area contributed by atoms with Gasteiger partial charge in [-0.25, -0.2) is 4.79 Å². The number of hydrogen-bond donors (Lipinski definition) is 2. The lowest BCUT2D eigenvalue weighted by Gasteiger charge is -2.25. The standard InChI is InChI=1S/C14H20N2O5/c1-14(2,3)21-13(18)15-12(11(9-17)16(19)20)10-7-5-4-6-8-10/h4-8,11-12,17H,9H2,1-3H3,(H,15,18)/t11-,12-/m1/s1. The van der Waals surface area contributed by atoms with Crippen molar-refractivity contribution < 1.29 is 19.6 Å². The number of benzene rings is 1. The van der Waals surface area contributed by atoms with Crippen molar-refractivity contribution in [2.45, 2.75) is 38.5 Å². The Morgan fingerprint density at radius 2 is 1.95 bits per heavy atom. The van der Waals surface area contributed by atoms with Gasteiger partial charge in [0, 0.05) is 4.92 Å². The molecule has 0 heterocycles. The van der Waals surface area contributed by atoms with Crippen LogP contribution in [0.3, 0.4) is 0 Å². The molecule has 0 bridgehead atoms. The largest absolute Gasteiger partial charge is 0.444 e. The van der Waals surface area contributed by atoms with Crippen LogP contribution in [0.4, 0.5) is 4.79 Å². The molecule has 1 amide bonds. The number of carbonyl (C=O) groups excluding carboxylic acids is 1. The summed E-state index contributed by atoms with van der Waals surface area (Å²) in [5.41, 5.74) is -0.187. The molecule has 0 aromatic heterocycles. The van der Waals surface area contributed by atoms with Crippen LogP contribution in [0.2, 0.25) is 0 Å². The summed E-state index contributed by atoms with van der Waals surface area (Å²) in [4.78, 5) is 22.3. The highest BCUT2D eigenvalue weighted by Crippen LogP contribution is 2.20. The van der Waals surface area contributed by atoms with Crippen LogP contribution in [0.5, 0.6) is 0 Å². The molecule has 0 unspecified atom stereocenters. The minimum atomic E-state index is -1.35. The third-order valence-electron chi connectivity index (χ3n) is 2.67. The molecule has 7 heteroatoms. The maximum atomic E-state index is 11.8. The number of alkyl carbamates (subject to hydrolysis) is 1. The Hall–Kier alpha value is -2.15. The van der Waals surface area contributed by atoms with E-state index in [1.54, 1.807) is 51.1 Å². The number of nitrogens with one attached hydrogen (secondary N) is 1. The van der Waals surface area contributed by atoms with Crippen molar-refractivity contribution in [1.29, 1.82) is 0 Å². The van der Waals surface area contributed by atoms with E-state index in [1.165, 1.54) is 0 Å². The second-order valence-electron chi connectivity index (χ2n) is 5.57. The summed E-state index contributed by atoms with van der Waals surface area (Å²) >= 11 is 0. The van der Waals surface area contributed by atoms with Crippen LogP contribution in [0.15, 0.2) is 30.3 Å². The molecule has 0 saturated carbocycles. The fourth-order valence-corrected chi connectivity index (χ4v) is 1.79. The SMILES string of the molecule is CC(C)(C)OC(=O)N[C@H](c1ccccc1)[C@@H](CO)[N+](=O)[O-]. The molecule has 0 saturated heterocycles. The summed E-state index contributed by atoms with van der Waals surface area (Å²) in [6, 6.07) is 6.14. The number of rotatable bonds is 5. The molecule has 0 aliphatic rings. The van der Waals surface area contributed by atoms with Gasteiger partial charge in [-0.15, -0.1) is 0 Å². The van der Waals surface area contributed by atoms with Gasteiger partial charge in [0.05, 0.1) is 0 Å². The van der Waals surface area contributed by atoms with Gasteiger partial charge in [-0.05, 0) is 26.3 Å². The van der Waals surface area contributed by atoms with Gasteiger partial charge in [-0.2, -0.15) is 0 Å². The number of ether oxygens (including phenoxy) is 1. The van der Waals surface area contributed by atoms with E-state index < -0.39 is 35.3 Å². The monoisotopic (exact) mass is 296 g/mol. The Bertz CT molecular complexity index is 484. The minimum absolute atomic E-state index is 0.527. The topological polar surface area (TPSA) is 102 Å². The molecule has 0 aliphatic carbocycles. The van der Waals surface area contributed by atoms with Crippen molar-refractivity contribution in [1.82, 2.24) is 5.32 Å². The van der Waals surface area contributed by atoms with E-state index in [-0.39, 0.29) is 0 Å². The van der Waals surface area contributed by atoms with Gasteiger partial charge in [0.25, 0.3) is 6.04 Å². The van der Waals surface area contributed by atoms with Crippen LogP contribution < -0.4 is 5.32 Å². The van der Waals surface area contributed by atoms with E-state index >= 15 is 0 Å². The van der Waals surface area contributed by atoms with Crippen molar-refractivity contribution >= 4 is 6.09 Å². The minimum Gasteiger partial charge on any atom is -0.444 e. The third-order valence-corrected chi connectivity index (χ3v) is 2.67. The van der Waals surface area contributed by atoms with Crippen LogP contribution in [0.1, 0.15) is 32.4 Å². The number of aliphatic hydroxyl groups excluding tert-OH is 1. The van der Waals surface area contributed by atoms with Crippen LogP contribution in [0.25, 0.3) is 0 Å². The van der Waals surface area contributed by atoms with Crippen molar-refractivity contribution in [3.05, 3.63) is 46.0 Å². The van der Waals surface area contributed by atoms with Crippen LogP contribution in [-0.4, -0.2) is 34.4 Å². The first-order valence-electron chi connectivity index (χ1n) is 6.53. The van der Waals surface area contributed by atoms with Gasteiger partial charge in [0.15, 0.2) is 0 Å². The highest BCUT2D eigenvalue weighted by Gasteiger charge is 2.34. The first kappa shape index (κ1) is 16.9. The number of nitrogens with zero attached hydrogens (tertiary/aromatic N) is 1. The van der Waals surface area contributed by atoms with E-state index in [9.17, 15) is 20.0 Å². The average molecular weight is 296 g/mol. The van der Waals surface area contributed by atoms with Crippen molar-refractivity contribution in [2.24, 2.45) is 0 Å². The summed E-state index contributed by atoms with van der Waals surface area (Å²) in [6.45, 7) is 4.39. The van der Waals surface area contributed by atoms with E-state index in [2.05, 4.69) is 5.32 Å². The Labute approximate surface area is 123 Å².